The van der Waals surface area contributed by atoms with Crippen LogP contribution < -0.4 is 5.32 Å². The number of nitrogens with zero attached hydrogens (tertiary/aromatic N) is 2. The van der Waals surface area contributed by atoms with Gasteiger partial charge in [-0.3, -0.25) is 4.79 Å². The lowest BCUT2D eigenvalue weighted by Gasteiger charge is -2.34. The van der Waals surface area contributed by atoms with Gasteiger partial charge in [0.25, 0.3) is 5.91 Å². The minimum atomic E-state index is 0.0548. The van der Waals surface area contributed by atoms with E-state index >= 15 is 0 Å². The molecular weight excluding hydrogens is 234 g/mol. The lowest BCUT2D eigenvalue weighted by atomic mass is 9.90. The monoisotopic (exact) mass is 253 g/mol. The average molecular weight is 253 g/mol. The number of carbonyl (C=O) groups excluding carboxylic acids is 1. The van der Waals surface area contributed by atoms with E-state index in [-0.39, 0.29) is 5.91 Å². The molecule has 0 unspecified atom stereocenters. The molecule has 94 valence electrons. The van der Waals surface area contributed by atoms with Gasteiger partial charge in [0.05, 0.1) is 5.51 Å². The van der Waals surface area contributed by atoms with Crippen LogP contribution in [0.4, 0.5) is 0 Å². The molecule has 1 aliphatic carbocycles. The molecule has 1 saturated carbocycles. The van der Waals surface area contributed by atoms with Crippen LogP contribution in [0.3, 0.4) is 0 Å². The highest BCUT2D eigenvalue weighted by Gasteiger charge is 2.26. The van der Waals surface area contributed by atoms with Crippen molar-refractivity contribution >= 4 is 17.2 Å². The van der Waals surface area contributed by atoms with Crippen molar-refractivity contribution in [3.8, 4) is 0 Å². The van der Waals surface area contributed by atoms with Gasteiger partial charge in [-0.15, -0.1) is 11.3 Å². The third-order valence-corrected chi connectivity index (χ3v) is 4.21. The molecule has 2 rings (SSSR count). The Labute approximate surface area is 106 Å². The Kier molecular flexibility index (Phi) is 4.12. The number of thiazole rings is 1. The van der Waals surface area contributed by atoms with E-state index in [2.05, 4.69) is 10.3 Å². The molecule has 17 heavy (non-hydrogen) atoms. The van der Waals surface area contributed by atoms with Crippen LogP contribution in [0.2, 0.25) is 0 Å². The Hall–Kier alpha value is -0.940. The van der Waals surface area contributed by atoms with Crippen LogP contribution in [0, 0.1) is 0 Å². The van der Waals surface area contributed by atoms with E-state index in [9.17, 15) is 4.79 Å². The first-order chi connectivity index (χ1) is 8.22. The Morgan fingerprint density at radius 1 is 1.47 bits per heavy atom. The van der Waals surface area contributed by atoms with Gasteiger partial charge >= 0.3 is 0 Å². The van der Waals surface area contributed by atoms with Crippen LogP contribution in [0.1, 0.15) is 36.2 Å². The number of amides is 1. The molecule has 1 heterocycles. The fraction of sp³-hybridized carbons (Fsp3) is 0.667. The fourth-order valence-corrected chi connectivity index (χ4v) is 2.94. The first kappa shape index (κ1) is 12.5. The summed E-state index contributed by atoms with van der Waals surface area (Å²) in [6.07, 6.45) is 4.46. The lowest BCUT2D eigenvalue weighted by Crippen LogP contribution is -2.42. The van der Waals surface area contributed by atoms with Gasteiger partial charge in [-0.2, -0.15) is 0 Å². The predicted molar refractivity (Wildman–Crippen MR) is 69.3 cm³/mol. The SMILES string of the molecule is CNC1CCC(N(C)C(=O)c2cscn2)CC1. The molecule has 0 atom stereocenters. The third-order valence-electron chi connectivity index (χ3n) is 3.62. The number of hydrogen-bond acceptors (Lipinski definition) is 4. The summed E-state index contributed by atoms with van der Waals surface area (Å²) < 4.78 is 0. The van der Waals surface area contributed by atoms with Gasteiger partial charge in [0.2, 0.25) is 0 Å². The summed E-state index contributed by atoms with van der Waals surface area (Å²) >= 11 is 1.47. The summed E-state index contributed by atoms with van der Waals surface area (Å²) in [6, 6.07) is 0.989. The molecule has 1 fully saturated rings. The molecule has 1 aromatic rings. The molecule has 0 aliphatic heterocycles. The quantitative estimate of drug-likeness (QED) is 0.892. The number of rotatable bonds is 3. The van der Waals surface area contributed by atoms with Crippen LogP contribution in [0.25, 0.3) is 0 Å². The van der Waals surface area contributed by atoms with E-state index in [0.717, 1.165) is 25.7 Å². The fourth-order valence-electron chi connectivity index (χ4n) is 2.42. The minimum absolute atomic E-state index is 0.0548. The average Bonchev–Trinajstić information content (AvgIpc) is 2.91. The molecule has 1 amide bonds. The van der Waals surface area contributed by atoms with E-state index < -0.39 is 0 Å². The smallest absolute Gasteiger partial charge is 0.273 e. The van der Waals surface area contributed by atoms with Crippen molar-refractivity contribution < 1.29 is 4.79 Å². The molecule has 4 nitrogen and oxygen atoms in total. The maximum absolute atomic E-state index is 12.1. The lowest BCUT2D eigenvalue weighted by molar-refractivity contribution is 0.0680. The van der Waals surface area contributed by atoms with Crippen LogP contribution in [-0.2, 0) is 0 Å². The van der Waals surface area contributed by atoms with Crippen molar-refractivity contribution in [2.75, 3.05) is 14.1 Å². The van der Waals surface area contributed by atoms with Crippen molar-refractivity contribution in [3.05, 3.63) is 16.6 Å². The van der Waals surface area contributed by atoms with Gasteiger partial charge in [-0.1, -0.05) is 0 Å². The van der Waals surface area contributed by atoms with Crippen LogP contribution >= 0.6 is 11.3 Å². The van der Waals surface area contributed by atoms with Gasteiger partial charge in [-0.05, 0) is 32.7 Å². The molecule has 1 N–H and O–H groups in total. The number of nitrogens with one attached hydrogen (secondary N) is 1. The predicted octanol–water partition coefficient (Wildman–Crippen LogP) is 1.75. The Balaban J connectivity index is 1.92. The first-order valence-corrected chi connectivity index (χ1v) is 6.99. The van der Waals surface area contributed by atoms with Gasteiger partial charge in [0.1, 0.15) is 5.69 Å². The van der Waals surface area contributed by atoms with Gasteiger partial charge in [0, 0.05) is 24.5 Å². The maximum atomic E-state index is 12.1. The van der Waals surface area contributed by atoms with E-state index in [1.54, 1.807) is 5.51 Å². The summed E-state index contributed by atoms with van der Waals surface area (Å²) in [5, 5.41) is 5.12. The van der Waals surface area contributed by atoms with Crippen molar-refractivity contribution in [1.29, 1.82) is 0 Å². The molecule has 5 heteroatoms. The van der Waals surface area contributed by atoms with Crippen LogP contribution in [0.5, 0.6) is 0 Å². The molecule has 0 spiro atoms. The first-order valence-electron chi connectivity index (χ1n) is 6.05. The summed E-state index contributed by atoms with van der Waals surface area (Å²) in [5.74, 6) is 0.0548. The zero-order valence-electron chi connectivity index (χ0n) is 10.3. The molecular formula is C12H19N3OS. The largest absolute Gasteiger partial charge is 0.337 e. The Morgan fingerprint density at radius 2 is 2.18 bits per heavy atom. The second kappa shape index (κ2) is 5.60. The Bertz CT molecular complexity index is 358. The highest BCUT2D eigenvalue weighted by Crippen LogP contribution is 2.23. The topological polar surface area (TPSA) is 45.2 Å². The van der Waals surface area contributed by atoms with Crippen molar-refractivity contribution in [2.24, 2.45) is 0 Å². The zero-order chi connectivity index (χ0) is 12.3. The zero-order valence-corrected chi connectivity index (χ0v) is 11.2. The van der Waals surface area contributed by atoms with E-state index in [1.807, 2.05) is 24.4 Å². The summed E-state index contributed by atoms with van der Waals surface area (Å²) in [4.78, 5) is 18.1. The summed E-state index contributed by atoms with van der Waals surface area (Å²) in [6.45, 7) is 0. The second-order valence-electron chi connectivity index (χ2n) is 4.58. The van der Waals surface area contributed by atoms with Gasteiger partial charge in [-0.25, -0.2) is 4.98 Å². The van der Waals surface area contributed by atoms with Crippen LogP contribution in [-0.4, -0.2) is 42.0 Å². The number of carbonyl (C=O) groups is 1. The highest BCUT2D eigenvalue weighted by atomic mass is 32.1. The van der Waals surface area contributed by atoms with Gasteiger partial charge < -0.3 is 10.2 Å². The van der Waals surface area contributed by atoms with E-state index in [0.29, 0.717) is 17.8 Å². The molecule has 0 aromatic carbocycles. The molecule has 1 aromatic heterocycles. The number of hydrogen-bond donors (Lipinski definition) is 1. The summed E-state index contributed by atoms with van der Waals surface area (Å²) in [5.41, 5.74) is 2.28. The number of aromatic nitrogens is 1. The maximum Gasteiger partial charge on any atom is 0.273 e. The van der Waals surface area contributed by atoms with Gasteiger partial charge in [0.15, 0.2) is 0 Å². The second-order valence-corrected chi connectivity index (χ2v) is 5.30. The van der Waals surface area contributed by atoms with Crippen molar-refractivity contribution in [1.82, 2.24) is 15.2 Å². The molecule has 1 aliphatic rings. The van der Waals surface area contributed by atoms with Crippen LogP contribution in [0.15, 0.2) is 10.9 Å². The molecule has 0 bridgehead atoms. The third kappa shape index (κ3) is 2.84. The van der Waals surface area contributed by atoms with Crippen molar-refractivity contribution in [2.45, 2.75) is 37.8 Å². The Morgan fingerprint density at radius 3 is 2.71 bits per heavy atom. The van der Waals surface area contributed by atoms with E-state index in [1.165, 1.54) is 11.3 Å². The highest BCUT2D eigenvalue weighted by molar-refractivity contribution is 7.07. The molecule has 0 saturated heterocycles. The minimum Gasteiger partial charge on any atom is -0.337 e. The summed E-state index contributed by atoms with van der Waals surface area (Å²) in [7, 11) is 3.90. The molecule has 0 radical (unpaired) electrons. The van der Waals surface area contributed by atoms with Crippen molar-refractivity contribution in [3.63, 3.8) is 0 Å². The normalized spacial score (nSPS) is 24.6. The van der Waals surface area contributed by atoms with E-state index in [4.69, 9.17) is 0 Å². The standard InChI is InChI=1S/C12H19N3OS/c1-13-9-3-5-10(6-4-9)15(2)12(16)11-7-17-8-14-11/h7-10,13H,3-6H2,1-2H3.